The monoisotopic (exact) mass is 348 g/mol. The van der Waals surface area contributed by atoms with Crippen LogP contribution in [0, 0.1) is 12.3 Å². The number of nitrogens with one attached hydrogen (secondary N) is 1. The van der Waals surface area contributed by atoms with Crippen LogP contribution < -0.4 is 9.47 Å². The van der Waals surface area contributed by atoms with Crippen LogP contribution in [0.4, 0.5) is 0 Å². The lowest BCUT2D eigenvalue weighted by Gasteiger charge is -2.12. The highest BCUT2D eigenvalue weighted by Crippen LogP contribution is 2.49. The first kappa shape index (κ1) is 15.9. The molecule has 2 N–H and O–H groups in total. The van der Waals surface area contributed by atoms with E-state index in [4.69, 9.17) is 20.7 Å². The van der Waals surface area contributed by atoms with Gasteiger partial charge in [0, 0.05) is 16.5 Å². The van der Waals surface area contributed by atoms with Crippen LogP contribution in [-0.4, -0.2) is 36.6 Å². The molecule has 130 valence electrons. The summed E-state index contributed by atoms with van der Waals surface area (Å²) in [5.74, 6) is 3.88. The Bertz CT molecular complexity index is 1090. The number of terminal acetylenes is 1. The molecular weight excluding hydrogens is 332 g/mol. The van der Waals surface area contributed by atoms with Crippen LogP contribution in [-0.2, 0) is 4.84 Å². The third kappa shape index (κ3) is 2.18. The zero-order chi connectivity index (χ0) is 18.3. The molecular formula is C20H16N2O4. The maximum Gasteiger partial charge on any atom is 0.177 e. The normalized spacial score (nSPS) is 13.3. The predicted molar refractivity (Wildman–Crippen MR) is 98.9 cm³/mol. The fourth-order valence-corrected chi connectivity index (χ4v) is 3.35. The molecule has 1 aliphatic rings. The van der Waals surface area contributed by atoms with Gasteiger partial charge in [-0.15, -0.1) is 6.42 Å². The first-order chi connectivity index (χ1) is 12.7. The van der Waals surface area contributed by atoms with Crippen molar-refractivity contribution in [1.82, 2.24) is 4.98 Å². The molecule has 0 amide bonds. The van der Waals surface area contributed by atoms with Crippen molar-refractivity contribution in [3.05, 3.63) is 41.5 Å². The first-order valence-corrected chi connectivity index (χ1v) is 7.93. The molecule has 26 heavy (non-hydrogen) atoms. The molecule has 1 aromatic heterocycles. The highest BCUT2D eigenvalue weighted by molar-refractivity contribution is 6.31. The summed E-state index contributed by atoms with van der Waals surface area (Å²) >= 11 is 0. The molecule has 0 fully saturated rings. The molecule has 0 spiro atoms. The maximum absolute atomic E-state index is 9.94. The Morgan fingerprint density at radius 1 is 1.08 bits per heavy atom. The van der Waals surface area contributed by atoms with Crippen molar-refractivity contribution in [2.24, 2.45) is 5.16 Å². The van der Waals surface area contributed by atoms with Crippen LogP contribution in [0.5, 0.6) is 17.2 Å². The van der Waals surface area contributed by atoms with Crippen molar-refractivity contribution in [1.29, 1.82) is 0 Å². The Balaban J connectivity index is 2.08. The van der Waals surface area contributed by atoms with E-state index in [1.807, 2.05) is 18.2 Å². The topological polar surface area (TPSA) is 76.1 Å². The van der Waals surface area contributed by atoms with Gasteiger partial charge in [0.15, 0.2) is 6.61 Å². The summed E-state index contributed by atoms with van der Waals surface area (Å²) in [4.78, 5) is 8.66. The number of aromatic amines is 1. The van der Waals surface area contributed by atoms with E-state index in [0.29, 0.717) is 17.2 Å². The van der Waals surface area contributed by atoms with Gasteiger partial charge < -0.3 is 24.4 Å². The first-order valence-electron chi connectivity index (χ1n) is 7.93. The van der Waals surface area contributed by atoms with Crippen LogP contribution in [0.1, 0.15) is 11.1 Å². The smallest absolute Gasteiger partial charge is 0.177 e. The van der Waals surface area contributed by atoms with Crippen LogP contribution in [0.2, 0.25) is 0 Å². The number of H-pyrrole nitrogens is 1. The average molecular weight is 348 g/mol. The lowest BCUT2D eigenvalue weighted by molar-refractivity contribution is 0.180. The van der Waals surface area contributed by atoms with Gasteiger partial charge in [-0.1, -0.05) is 11.1 Å². The van der Waals surface area contributed by atoms with Crippen molar-refractivity contribution in [3.63, 3.8) is 0 Å². The molecule has 1 heterocycles. The van der Waals surface area contributed by atoms with Crippen LogP contribution in [0.3, 0.4) is 0 Å². The number of fused-ring (bicyclic) bond motifs is 5. The second-order valence-electron chi connectivity index (χ2n) is 5.74. The minimum Gasteiger partial charge on any atom is -0.508 e. The molecule has 0 radical (unpaired) electrons. The van der Waals surface area contributed by atoms with Crippen LogP contribution >= 0.6 is 0 Å². The summed E-state index contributed by atoms with van der Waals surface area (Å²) in [5.41, 5.74) is 4.69. The number of methoxy groups -OCH3 is 2. The van der Waals surface area contributed by atoms with E-state index in [2.05, 4.69) is 16.1 Å². The zero-order valence-electron chi connectivity index (χ0n) is 14.3. The lowest BCUT2D eigenvalue weighted by Crippen LogP contribution is -2.03. The summed E-state index contributed by atoms with van der Waals surface area (Å²) < 4.78 is 11.1. The van der Waals surface area contributed by atoms with E-state index in [1.54, 1.807) is 26.4 Å². The highest BCUT2D eigenvalue weighted by Gasteiger charge is 2.35. The highest BCUT2D eigenvalue weighted by atomic mass is 16.6. The second-order valence-corrected chi connectivity index (χ2v) is 5.74. The molecule has 2 aromatic carbocycles. The summed E-state index contributed by atoms with van der Waals surface area (Å²) in [6.45, 7) is 0.0497. The number of hydrogen-bond acceptors (Lipinski definition) is 5. The van der Waals surface area contributed by atoms with Gasteiger partial charge in [0.25, 0.3) is 0 Å². The van der Waals surface area contributed by atoms with E-state index >= 15 is 0 Å². The van der Waals surface area contributed by atoms with Crippen molar-refractivity contribution in [3.8, 4) is 40.8 Å². The Morgan fingerprint density at radius 2 is 1.81 bits per heavy atom. The van der Waals surface area contributed by atoms with Crippen molar-refractivity contribution >= 4 is 16.6 Å². The molecule has 0 saturated carbocycles. The van der Waals surface area contributed by atoms with Crippen LogP contribution in [0.25, 0.3) is 22.2 Å². The molecule has 0 bridgehead atoms. The summed E-state index contributed by atoms with van der Waals surface area (Å²) in [7, 11) is 3.21. The zero-order valence-corrected chi connectivity index (χ0v) is 14.3. The van der Waals surface area contributed by atoms with Crippen LogP contribution in [0.15, 0.2) is 35.5 Å². The van der Waals surface area contributed by atoms with Crippen molar-refractivity contribution < 1.29 is 19.4 Å². The van der Waals surface area contributed by atoms with Gasteiger partial charge in [0.05, 0.1) is 31.0 Å². The SMILES string of the molecule is C#CCO/N=C1/c2c(OC)ccc(OC)c2-c2[nH]c3ccc(O)cc3c21. The quantitative estimate of drug-likeness (QED) is 0.337. The molecule has 4 rings (SSSR count). The number of nitrogens with zero attached hydrogens (tertiary/aromatic N) is 1. The number of benzene rings is 2. The summed E-state index contributed by atoms with van der Waals surface area (Å²) in [5, 5.41) is 15.0. The number of rotatable bonds is 4. The van der Waals surface area contributed by atoms with Crippen molar-refractivity contribution in [2.45, 2.75) is 0 Å². The minimum absolute atomic E-state index is 0.0497. The van der Waals surface area contributed by atoms with Gasteiger partial charge >= 0.3 is 0 Å². The number of aromatic hydroxyl groups is 1. The van der Waals surface area contributed by atoms with E-state index in [0.717, 1.165) is 33.3 Å². The molecule has 0 unspecified atom stereocenters. The maximum atomic E-state index is 9.94. The number of oxime groups is 1. The number of phenolic OH excluding ortho intramolecular Hbond substituents is 1. The fourth-order valence-electron chi connectivity index (χ4n) is 3.35. The Kier molecular flexibility index (Phi) is 3.70. The Labute approximate surface area is 150 Å². The molecule has 0 atom stereocenters. The van der Waals surface area contributed by atoms with Gasteiger partial charge in [-0.3, -0.25) is 0 Å². The molecule has 1 aliphatic carbocycles. The summed E-state index contributed by atoms with van der Waals surface area (Å²) in [6, 6.07) is 8.79. The minimum atomic E-state index is 0.0497. The fraction of sp³-hybridized carbons (Fsp3) is 0.150. The van der Waals surface area contributed by atoms with Gasteiger partial charge in [0.2, 0.25) is 0 Å². The van der Waals surface area contributed by atoms with Gasteiger partial charge in [-0.05, 0) is 30.3 Å². The van der Waals surface area contributed by atoms with E-state index in [-0.39, 0.29) is 12.4 Å². The van der Waals surface area contributed by atoms with Gasteiger partial charge in [-0.2, -0.15) is 0 Å². The number of ether oxygens (including phenoxy) is 2. The molecule has 3 aromatic rings. The lowest BCUT2D eigenvalue weighted by atomic mass is 10.0. The van der Waals surface area contributed by atoms with Gasteiger partial charge in [-0.25, -0.2) is 0 Å². The Morgan fingerprint density at radius 3 is 2.50 bits per heavy atom. The number of aromatic nitrogens is 1. The molecule has 6 nitrogen and oxygen atoms in total. The van der Waals surface area contributed by atoms with E-state index in [1.165, 1.54) is 0 Å². The molecule has 0 aliphatic heterocycles. The van der Waals surface area contributed by atoms with Crippen molar-refractivity contribution in [2.75, 3.05) is 20.8 Å². The largest absolute Gasteiger partial charge is 0.508 e. The Hall–Kier alpha value is -3.59. The summed E-state index contributed by atoms with van der Waals surface area (Å²) in [6.07, 6.45) is 5.27. The second kappa shape index (κ2) is 6.05. The molecule has 0 saturated heterocycles. The number of phenols is 1. The molecule has 6 heteroatoms. The van der Waals surface area contributed by atoms with E-state index in [9.17, 15) is 5.11 Å². The standard InChI is InChI=1S/C20H16N2O4/c1-4-9-26-22-20-16-12-10-11(23)5-6-13(12)21-19(16)17-14(24-2)7-8-15(25-3)18(17)20/h1,5-8,10,21,23H,9H2,2-3H3/b22-20+. The van der Waals surface area contributed by atoms with Gasteiger partial charge in [0.1, 0.15) is 23.0 Å². The third-order valence-corrected chi connectivity index (χ3v) is 4.38. The number of hydrogen-bond donors (Lipinski definition) is 2. The third-order valence-electron chi connectivity index (χ3n) is 4.38. The van der Waals surface area contributed by atoms with E-state index < -0.39 is 0 Å². The average Bonchev–Trinajstić information content (AvgIpc) is 3.17. The predicted octanol–water partition coefficient (Wildman–Crippen LogP) is 3.27.